The van der Waals surface area contributed by atoms with Gasteiger partial charge >= 0.3 is 0 Å². The molecule has 0 aromatic carbocycles. The molecule has 6 heavy (non-hydrogen) atoms. The molecule has 0 saturated heterocycles. The van der Waals surface area contributed by atoms with E-state index < -0.39 is 0 Å². The van der Waals surface area contributed by atoms with Gasteiger partial charge in [0, 0.05) is 5.88 Å². The molecule has 0 radical (unpaired) electrons. The lowest BCUT2D eigenvalue weighted by atomic mass is 10.8. The lowest BCUT2D eigenvalue weighted by Crippen LogP contribution is -1.55. The second-order valence-corrected chi connectivity index (χ2v) is 2.67. The first kappa shape index (κ1) is 6.80. The monoisotopic (exact) mass is 188 g/mol. The fourth-order valence-corrected chi connectivity index (χ4v) is 0.717. The van der Waals surface area contributed by atoms with Gasteiger partial charge in [0.1, 0.15) is 0 Å². The van der Waals surface area contributed by atoms with Crippen LogP contribution in [0.1, 0.15) is 0 Å². The number of hydrogen-bond donors (Lipinski definition) is 0. The third-order valence-electron chi connectivity index (χ3n) is 0.231. The average Bonchev–Trinajstić information content (AvgIpc) is 1.35. The predicted molar refractivity (Wildman–Crippen MR) is 33.6 cm³/mol. The molecule has 0 bridgehead atoms. The molecular weight excluding hydrogens is 187 g/mol. The maximum atomic E-state index is 5.27. The molecule has 0 saturated carbocycles. The molecule has 0 aliphatic rings. The van der Waals surface area contributed by atoms with Crippen LogP contribution in [0.25, 0.3) is 0 Å². The SMILES string of the molecule is ClC/C=C(/Cl)Br. The van der Waals surface area contributed by atoms with E-state index >= 15 is 0 Å². The van der Waals surface area contributed by atoms with Crippen molar-refractivity contribution in [3.05, 3.63) is 10.0 Å². The first-order valence-corrected chi connectivity index (χ1v) is 3.05. The van der Waals surface area contributed by atoms with Crippen molar-refractivity contribution in [1.29, 1.82) is 0 Å². The lowest BCUT2D eigenvalue weighted by Gasteiger charge is -1.73. The fourth-order valence-electron chi connectivity index (χ4n) is 0.0583. The lowest BCUT2D eigenvalue weighted by molar-refractivity contribution is 1.78. The minimum atomic E-state index is 0.462. The zero-order valence-corrected chi connectivity index (χ0v) is 6.02. The smallest absolute Gasteiger partial charge is 0.0806 e. The zero-order valence-electron chi connectivity index (χ0n) is 2.92. The molecule has 0 spiro atoms. The summed E-state index contributed by atoms with van der Waals surface area (Å²) in [5, 5.41) is 0. The van der Waals surface area contributed by atoms with Crippen molar-refractivity contribution in [3.8, 4) is 0 Å². The summed E-state index contributed by atoms with van der Waals surface area (Å²) >= 11 is 13.5. The van der Waals surface area contributed by atoms with Crippen molar-refractivity contribution in [2.45, 2.75) is 0 Å². The summed E-state index contributed by atoms with van der Waals surface area (Å²) in [4.78, 5) is 0. The Morgan fingerprint density at radius 3 is 2.33 bits per heavy atom. The number of halogens is 3. The third-order valence-corrected chi connectivity index (χ3v) is 0.864. The van der Waals surface area contributed by atoms with Crippen LogP contribution in [-0.4, -0.2) is 5.88 Å². The van der Waals surface area contributed by atoms with Crippen LogP contribution >= 0.6 is 39.1 Å². The topological polar surface area (TPSA) is 0 Å². The Balaban J connectivity index is 3.14. The summed E-state index contributed by atoms with van der Waals surface area (Å²) in [6.45, 7) is 0. The van der Waals surface area contributed by atoms with Crippen molar-refractivity contribution in [2.75, 3.05) is 5.88 Å². The van der Waals surface area contributed by atoms with E-state index in [-0.39, 0.29) is 0 Å². The highest BCUT2D eigenvalue weighted by atomic mass is 79.9. The van der Waals surface area contributed by atoms with Gasteiger partial charge in [-0.15, -0.1) is 11.6 Å². The summed E-state index contributed by atoms with van der Waals surface area (Å²) in [5.74, 6) is 0.462. The molecule has 0 atom stereocenters. The van der Waals surface area contributed by atoms with Gasteiger partial charge in [-0.05, 0) is 22.0 Å². The van der Waals surface area contributed by atoms with E-state index in [1.807, 2.05) is 0 Å². The number of alkyl halides is 1. The standard InChI is InChI=1S/C3H3BrCl2/c4-3(6)1-2-5/h1H,2H2/b3-1+. The number of hydrogen-bond acceptors (Lipinski definition) is 0. The van der Waals surface area contributed by atoms with Gasteiger partial charge in [0.2, 0.25) is 0 Å². The van der Waals surface area contributed by atoms with Crippen molar-refractivity contribution >= 4 is 39.1 Å². The number of allylic oxidation sites excluding steroid dienone is 1. The first-order valence-electron chi connectivity index (χ1n) is 1.34. The first-order chi connectivity index (χ1) is 2.77. The summed E-state index contributed by atoms with van der Waals surface area (Å²) in [5.41, 5.74) is 0. The second-order valence-electron chi connectivity index (χ2n) is 0.648. The molecule has 0 nitrogen and oxygen atoms in total. The van der Waals surface area contributed by atoms with E-state index in [9.17, 15) is 0 Å². The molecule has 36 valence electrons. The molecule has 0 unspecified atom stereocenters. The van der Waals surface area contributed by atoms with Crippen LogP contribution in [-0.2, 0) is 0 Å². The highest BCUT2D eigenvalue weighted by Crippen LogP contribution is 2.08. The fraction of sp³-hybridized carbons (Fsp3) is 0.333. The highest BCUT2D eigenvalue weighted by molar-refractivity contribution is 9.12. The van der Waals surface area contributed by atoms with Crippen molar-refractivity contribution in [2.24, 2.45) is 0 Å². The van der Waals surface area contributed by atoms with E-state index in [1.54, 1.807) is 6.08 Å². The molecule has 0 aromatic rings. The van der Waals surface area contributed by atoms with Gasteiger partial charge in [-0.2, -0.15) is 0 Å². The van der Waals surface area contributed by atoms with E-state index in [0.717, 1.165) is 0 Å². The van der Waals surface area contributed by atoms with Crippen molar-refractivity contribution in [3.63, 3.8) is 0 Å². The molecule has 0 rings (SSSR count). The van der Waals surface area contributed by atoms with Crippen molar-refractivity contribution < 1.29 is 0 Å². The van der Waals surface area contributed by atoms with Gasteiger partial charge in [0.05, 0.1) is 3.94 Å². The summed E-state index contributed by atoms with van der Waals surface area (Å²) in [6, 6.07) is 0. The van der Waals surface area contributed by atoms with Gasteiger partial charge in [-0.1, -0.05) is 11.6 Å². The Morgan fingerprint density at radius 2 is 2.33 bits per heavy atom. The summed E-state index contributed by atoms with van der Waals surface area (Å²) in [7, 11) is 0. The Morgan fingerprint density at radius 1 is 1.83 bits per heavy atom. The summed E-state index contributed by atoms with van der Waals surface area (Å²) in [6.07, 6.45) is 1.66. The second kappa shape index (κ2) is 3.97. The molecule has 0 aromatic heterocycles. The predicted octanol–water partition coefficient (Wildman–Crippen LogP) is 2.70. The normalized spacial score (nSPS) is 12.2. The minimum absolute atomic E-state index is 0.462. The molecule has 3 heteroatoms. The van der Waals surface area contributed by atoms with Gasteiger partial charge in [-0.3, -0.25) is 0 Å². The molecule has 0 N–H and O–H groups in total. The van der Waals surface area contributed by atoms with Crippen LogP contribution in [0.4, 0.5) is 0 Å². The van der Waals surface area contributed by atoms with Crippen LogP contribution in [0.2, 0.25) is 0 Å². The Labute approximate surface area is 55.3 Å². The van der Waals surface area contributed by atoms with E-state index in [1.165, 1.54) is 0 Å². The zero-order chi connectivity index (χ0) is 4.99. The summed E-state index contributed by atoms with van der Waals surface area (Å²) < 4.78 is 0.567. The third kappa shape index (κ3) is 4.80. The van der Waals surface area contributed by atoms with Crippen LogP contribution in [0, 0.1) is 0 Å². The van der Waals surface area contributed by atoms with Gasteiger partial charge in [0.15, 0.2) is 0 Å². The Bertz CT molecular complexity index is 55.8. The Hall–Kier alpha value is 0.800. The van der Waals surface area contributed by atoms with E-state index in [4.69, 9.17) is 23.2 Å². The molecule has 0 aliphatic carbocycles. The average molecular weight is 190 g/mol. The minimum Gasteiger partial charge on any atom is -0.122 e. The van der Waals surface area contributed by atoms with E-state index in [0.29, 0.717) is 9.82 Å². The van der Waals surface area contributed by atoms with Gasteiger partial charge < -0.3 is 0 Å². The highest BCUT2D eigenvalue weighted by Gasteiger charge is 1.74. The Kier molecular flexibility index (Phi) is 4.50. The largest absolute Gasteiger partial charge is 0.122 e. The van der Waals surface area contributed by atoms with Crippen LogP contribution in [0.3, 0.4) is 0 Å². The molecular formula is C3H3BrCl2. The molecule has 0 amide bonds. The molecule has 0 aliphatic heterocycles. The van der Waals surface area contributed by atoms with Crippen LogP contribution in [0.15, 0.2) is 10.0 Å². The molecule has 0 fully saturated rings. The quantitative estimate of drug-likeness (QED) is 0.557. The maximum absolute atomic E-state index is 5.27. The van der Waals surface area contributed by atoms with Crippen molar-refractivity contribution in [1.82, 2.24) is 0 Å². The number of rotatable bonds is 1. The van der Waals surface area contributed by atoms with Gasteiger partial charge in [0.25, 0.3) is 0 Å². The van der Waals surface area contributed by atoms with Crippen LogP contribution < -0.4 is 0 Å². The maximum Gasteiger partial charge on any atom is 0.0806 e. The van der Waals surface area contributed by atoms with Gasteiger partial charge in [-0.25, -0.2) is 0 Å². The molecule has 0 heterocycles. The van der Waals surface area contributed by atoms with Crippen LogP contribution in [0.5, 0.6) is 0 Å². The van der Waals surface area contributed by atoms with E-state index in [2.05, 4.69) is 15.9 Å².